The fourth-order valence-electron chi connectivity index (χ4n) is 1.43. The van der Waals surface area contributed by atoms with Crippen LogP contribution in [0.15, 0.2) is 35.1 Å². The molecule has 1 aromatic heterocycles. The molecule has 0 saturated carbocycles. The number of nitrogens with two attached hydrogens (primary N) is 1. The van der Waals surface area contributed by atoms with Crippen LogP contribution in [-0.4, -0.2) is 15.9 Å². The number of carbonyl (C=O) groups excluding carboxylic acids is 1. The highest BCUT2D eigenvalue weighted by atomic mass is 32.1. The van der Waals surface area contributed by atoms with E-state index in [-0.39, 0.29) is 11.7 Å². The number of hydrogen-bond donors (Lipinski definition) is 2. The lowest BCUT2D eigenvalue weighted by molar-refractivity contribution is 0.0996. The van der Waals surface area contributed by atoms with Gasteiger partial charge in [-0.3, -0.25) is 4.79 Å². The molecule has 92 valence electrons. The van der Waals surface area contributed by atoms with Crippen molar-refractivity contribution in [3.05, 3.63) is 47.7 Å². The number of amides is 1. The van der Waals surface area contributed by atoms with Crippen LogP contribution >= 0.6 is 12.2 Å². The Morgan fingerprint density at radius 2 is 2.06 bits per heavy atom. The number of carbonyl (C=O) groups is 1. The van der Waals surface area contributed by atoms with Crippen LogP contribution in [0, 0.1) is 6.92 Å². The lowest BCUT2D eigenvalue weighted by Crippen LogP contribution is -2.13. The predicted molar refractivity (Wildman–Crippen MR) is 71.5 cm³/mol. The molecule has 0 aliphatic carbocycles. The molecule has 18 heavy (non-hydrogen) atoms. The number of anilines is 1. The Morgan fingerprint density at radius 3 is 2.56 bits per heavy atom. The lowest BCUT2D eigenvalue weighted by atomic mass is 10.2. The van der Waals surface area contributed by atoms with Gasteiger partial charge in [-0.25, -0.2) is 4.98 Å². The average molecular weight is 261 g/mol. The van der Waals surface area contributed by atoms with Gasteiger partial charge in [-0.15, -0.1) is 0 Å². The van der Waals surface area contributed by atoms with Crippen LogP contribution in [0.5, 0.6) is 0 Å². The first-order valence-electron chi connectivity index (χ1n) is 5.19. The molecule has 0 atom stereocenters. The number of thiocarbonyl (C=S) groups is 1. The first-order chi connectivity index (χ1) is 8.58. The molecule has 0 fully saturated rings. The van der Waals surface area contributed by atoms with Crippen molar-refractivity contribution in [2.24, 2.45) is 5.73 Å². The number of oxazole rings is 1. The van der Waals surface area contributed by atoms with E-state index in [0.29, 0.717) is 16.4 Å². The molecule has 0 aliphatic rings. The summed E-state index contributed by atoms with van der Waals surface area (Å²) in [6, 6.07) is 6.92. The van der Waals surface area contributed by atoms with E-state index in [1.165, 1.54) is 6.39 Å². The predicted octanol–water partition coefficient (Wildman–Crippen LogP) is 1.87. The van der Waals surface area contributed by atoms with Crippen molar-refractivity contribution in [1.82, 2.24) is 4.98 Å². The molecule has 0 spiro atoms. The topological polar surface area (TPSA) is 81.2 Å². The van der Waals surface area contributed by atoms with Gasteiger partial charge in [-0.05, 0) is 31.2 Å². The van der Waals surface area contributed by atoms with Gasteiger partial charge in [-0.1, -0.05) is 12.2 Å². The lowest BCUT2D eigenvalue weighted by Gasteiger charge is -2.04. The van der Waals surface area contributed by atoms with Crippen molar-refractivity contribution in [3.8, 4) is 0 Å². The third kappa shape index (κ3) is 2.54. The highest BCUT2D eigenvalue weighted by molar-refractivity contribution is 7.80. The van der Waals surface area contributed by atoms with E-state index in [1.807, 2.05) is 0 Å². The number of nitrogens with one attached hydrogen (secondary N) is 1. The van der Waals surface area contributed by atoms with E-state index in [0.717, 1.165) is 5.56 Å². The molecule has 5 nitrogen and oxygen atoms in total. The van der Waals surface area contributed by atoms with Crippen LogP contribution in [0.4, 0.5) is 5.69 Å². The van der Waals surface area contributed by atoms with Crippen molar-refractivity contribution in [3.63, 3.8) is 0 Å². The van der Waals surface area contributed by atoms with Gasteiger partial charge < -0.3 is 15.5 Å². The Kier molecular flexibility index (Phi) is 3.38. The molecule has 1 amide bonds. The highest BCUT2D eigenvalue weighted by Gasteiger charge is 2.13. The zero-order valence-electron chi connectivity index (χ0n) is 9.64. The molecule has 1 aromatic carbocycles. The Bertz CT molecular complexity index is 590. The van der Waals surface area contributed by atoms with Crippen LogP contribution in [0.2, 0.25) is 0 Å². The number of nitrogens with zero attached hydrogens (tertiary/aromatic N) is 1. The Morgan fingerprint density at radius 1 is 1.39 bits per heavy atom. The summed E-state index contributed by atoms with van der Waals surface area (Å²) < 4.78 is 5.00. The maximum absolute atomic E-state index is 11.8. The second kappa shape index (κ2) is 4.97. The summed E-state index contributed by atoms with van der Waals surface area (Å²) in [4.78, 5) is 16.0. The molecule has 0 bridgehead atoms. The van der Waals surface area contributed by atoms with Crippen molar-refractivity contribution in [2.75, 3.05) is 5.32 Å². The zero-order valence-corrected chi connectivity index (χ0v) is 10.5. The largest absolute Gasteiger partial charge is 0.438 e. The molecule has 1 heterocycles. The summed E-state index contributed by atoms with van der Waals surface area (Å²) in [5.74, 6) is -0.138. The molecule has 2 rings (SSSR count). The van der Waals surface area contributed by atoms with Crippen LogP contribution < -0.4 is 11.1 Å². The van der Waals surface area contributed by atoms with Gasteiger partial charge in [0.05, 0.1) is 5.69 Å². The van der Waals surface area contributed by atoms with Gasteiger partial charge in [0, 0.05) is 11.3 Å². The molecule has 6 heteroatoms. The molecule has 3 N–H and O–H groups in total. The minimum Gasteiger partial charge on any atom is -0.438 e. The second-order valence-corrected chi connectivity index (χ2v) is 4.10. The smallest absolute Gasteiger partial charge is 0.293 e. The van der Waals surface area contributed by atoms with Gasteiger partial charge in [0.2, 0.25) is 5.76 Å². The summed E-state index contributed by atoms with van der Waals surface area (Å²) >= 11 is 4.84. The SMILES string of the molecule is Cc1ncoc1C(=O)Nc1ccc(C(N)=S)cc1. The summed E-state index contributed by atoms with van der Waals surface area (Å²) in [6.07, 6.45) is 1.24. The molecule has 0 aliphatic heterocycles. The summed E-state index contributed by atoms with van der Waals surface area (Å²) in [7, 11) is 0. The summed E-state index contributed by atoms with van der Waals surface area (Å²) in [6.45, 7) is 1.70. The number of aromatic nitrogens is 1. The number of rotatable bonds is 3. The van der Waals surface area contributed by atoms with Gasteiger partial charge in [0.15, 0.2) is 6.39 Å². The minimum atomic E-state index is -0.340. The van der Waals surface area contributed by atoms with Gasteiger partial charge in [0.1, 0.15) is 4.99 Å². The average Bonchev–Trinajstić information content (AvgIpc) is 2.76. The molecular formula is C12H11N3O2S. The van der Waals surface area contributed by atoms with Crippen LogP contribution in [-0.2, 0) is 0 Å². The van der Waals surface area contributed by atoms with E-state index >= 15 is 0 Å². The van der Waals surface area contributed by atoms with Crippen LogP contribution in [0.25, 0.3) is 0 Å². The third-order valence-corrected chi connectivity index (χ3v) is 2.61. The van der Waals surface area contributed by atoms with Crippen molar-refractivity contribution in [1.29, 1.82) is 0 Å². The quantitative estimate of drug-likeness (QED) is 0.824. The van der Waals surface area contributed by atoms with Crippen LogP contribution in [0.3, 0.4) is 0 Å². The number of aryl methyl sites for hydroxylation is 1. The van der Waals surface area contributed by atoms with Gasteiger partial charge in [-0.2, -0.15) is 0 Å². The van der Waals surface area contributed by atoms with E-state index in [9.17, 15) is 4.79 Å². The maximum Gasteiger partial charge on any atom is 0.293 e. The minimum absolute atomic E-state index is 0.202. The van der Waals surface area contributed by atoms with Crippen molar-refractivity contribution in [2.45, 2.75) is 6.92 Å². The Labute approximate surface area is 109 Å². The summed E-state index contributed by atoms with van der Waals surface area (Å²) in [5, 5.41) is 2.69. The Hall–Kier alpha value is -2.21. The third-order valence-electron chi connectivity index (χ3n) is 2.38. The first-order valence-corrected chi connectivity index (χ1v) is 5.60. The maximum atomic E-state index is 11.8. The number of benzene rings is 1. The van der Waals surface area contributed by atoms with E-state index in [1.54, 1.807) is 31.2 Å². The monoisotopic (exact) mass is 261 g/mol. The van der Waals surface area contributed by atoms with E-state index in [2.05, 4.69) is 10.3 Å². The fourth-order valence-corrected chi connectivity index (χ4v) is 1.56. The fraction of sp³-hybridized carbons (Fsp3) is 0.0833. The zero-order chi connectivity index (χ0) is 13.1. The van der Waals surface area contributed by atoms with E-state index in [4.69, 9.17) is 22.4 Å². The van der Waals surface area contributed by atoms with Crippen LogP contribution in [0.1, 0.15) is 21.8 Å². The molecule has 0 radical (unpaired) electrons. The number of hydrogen-bond acceptors (Lipinski definition) is 4. The molecule has 0 saturated heterocycles. The van der Waals surface area contributed by atoms with Crippen molar-refractivity contribution >= 4 is 28.8 Å². The Balaban J connectivity index is 2.13. The van der Waals surface area contributed by atoms with E-state index < -0.39 is 0 Å². The molecular weight excluding hydrogens is 250 g/mol. The molecule has 2 aromatic rings. The molecule has 0 unspecified atom stereocenters. The normalized spacial score (nSPS) is 10.1. The van der Waals surface area contributed by atoms with Crippen molar-refractivity contribution < 1.29 is 9.21 Å². The second-order valence-electron chi connectivity index (χ2n) is 3.66. The first kappa shape index (κ1) is 12.3. The summed E-state index contributed by atoms with van der Waals surface area (Å²) in [5.41, 5.74) is 7.42. The van der Waals surface area contributed by atoms with Gasteiger partial charge >= 0.3 is 0 Å². The van der Waals surface area contributed by atoms with Gasteiger partial charge in [0.25, 0.3) is 5.91 Å². The highest BCUT2D eigenvalue weighted by Crippen LogP contribution is 2.12. The standard InChI is InChI=1S/C12H11N3O2S/c1-7-10(17-6-14-7)12(16)15-9-4-2-8(3-5-9)11(13)18/h2-6H,1H3,(H2,13,18)(H,15,16).